The van der Waals surface area contributed by atoms with Crippen LogP contribution in [0.4, 0.5) is 5.69 Å². The summed E-state index contributed by atoms with van der Waals surface area (Å²) in [6.07, 6.45) is 17.0. The van der Waals surface area contributed by atoms with E-state index in [4.69, 9.17) is 4.42 Å². The minimum atomic E-state index is 0. The van der Waals surface area contributed by atoms with E-state index in [1.54, 1.807) is 17.4 Å². The Kier molecular flexibility index (Phi) is 5.57. The molecule has 2 bridgehead atoms. The first-order valence-electron chi connectivity index (χ1n) is 10.5. The quantitative estimate of drug-likeness (QED) is 0.763. The van der Waals surface area contributed by atoms with Crippen LogP contribution in [-0.4, -0.2) is 19.6 Å². The number of rotatable bonds is 4. The smallest absolute Gasteiger partial charge is 0.0937 e. The van der Waals surface area contributed by atoms with Gasteiger partial charge >= 0.3 is 0 Å². The van der Waals surface area contributed by atoms with Crippen LogP contribution in [0.3, 0.4) is 0 Å². The summed E-state index contributed by atoms with van der Waals surface area (Å²) in [4.78, 5) is 2.31. The molecular formula is C24H31ClN2O. The second kappa shape index (κ2) is 7.96. The van der Waals surface area contributed by atoms with Crippen LogP contribution in [0, 0.1) is 5.92 Å². The number of hydrogen-bond donors (Lipinski definition) is 1. The lowest BCUT2D eigenvalue weighted by atomic mass is 9.52. The van der Waals surface area contributed by atoms with Crippen molar-refractivity contribution in [3.8, 4) is 0 Å². The molecule has 5 rings (SSSR count). The summed E-state index contributed by atoms with van der Waals surface area (Å²) in [6.45, 7) is 1.19. The molecule has 0 unspecified atom stereocenters. The fourth-order valence-corrected chi connectivity index (χ4v) is 6.11. The van der Waals surface area contributed by atoms with Crippen molar-refractivity contribution in [2.24, 2.45) is 5.92 Å². The lowest BCUT2D eigenvalue weighted by Gasteiger charge is -2.56. The molecule has 1 saturated carbocycles. The van der Waals surface area contributed by atoms with Gasteiger partial charge in [0.25, 0.3) is 0 Å². The Morgan fingerprint density at radius 3 is 3.04 bits per heavy atom. The number of halogens is 1. The van der Waals surface area contributed by atoms with Gasteiger partial charge in [0.1, 0.15) is 0 Å². The van der Waals surface area contributed by atoms with E-state index in [0.717, 1.165) is 12.3 Å². The molecule has 1 aromatic carbocycles. The summed E-state index contributed by atoms with van der Waals surface area (Å²) in [6, 6.07) is 9.73. The molecule has 0 amide bonds. The fourth-order valence-electron chi connectivity index (χ4n) is 6.11. The summed E-state index contributed by atoms with van der Waals surface area (Å²) in [5, 5.41) is 3.87. The van der Waals surface area contributed by atoms with Crippen molar-refractivity contribution in [3.63, 3.8) is 0 Å². The minimum absolute atomic E-state index is 0. The van der Waals surface area contributed by atoms with Gasteiger partial charge in [0.15, 0.2) is 0 Å². The van der Waals surface area contributed by atoms with Crippen molar-refractivity contribution in [1.29, 1.82) is 0 Å². The van der Waals surface area contributed by atoms with Crippen LogP contribution in [0.25, 0.3) is 0 Å². The van der Waals surface area contributed by atoms with E-state index in [9.17, 15) is 0 Å². The Bertz CT molecular complexity index is 827. The number of furan rings is 1. The Hall–Kier alpha value is -1.71. The molecule has 2 aliphatic carbocycles. The van der Waals surface area contributed by atoms with Crippen molar-refractivity contribution in [2.75, 3.05) is 18.5 Å². The van der Waals surface area contributed by atoms with Gasteiger partial charge < -0.3 is 14.6 Å². The second-order valence-electron chi connectivity index (χ2n) is 8.66. The van der Waals surface area contributed by atoms with Gasteiger partial charge in [-0.25, -0.2) is 0 Å². The zero-order valence-electron chi connectivity index (χ0n) is 16.7. The maximum Gasteiger partial charge on any atom is 0.0937 e. The van der Waals surface area contributed by atoms with Gasteiger partial charge in [0, 0.05) is 30.4 Å². The topological polar surface area (TPSA) is 28.4 Å². The molecule has 1 aliphatic heterocycles. The Labute approximate surface area is 174 Å². The molecule has 1 aromatic heterocycles. The third-order valence-electron chi connectivity index (χ3n) is 7.32. The third kappa shape index (κ3) is 3.19. The molecule has 0 spiro atoms. The van der Waals surface area contributed by atoms with E-state index in [1.807, 2.05) is 12.3 Å². The van der Waals surface area contributed by atoms with Gasteiger partial charge in [-0.05, 0) is 73.4 Å². The van der Waals surface area contributed by atoms with Crippen molar-refractivity contribution in [2.45, 2.75) is 56.4 Å². The van der Waals surface area contributed by atoms with Crippen LogP contribution in [0.2, 0.25) is 0 Å². The van der Waals surface area contributed by atoms with Gasteiger partial charge in [-0.1, -0.05) is 31.1 Å². The van der Waals surface area contributed by atoms with Gasteiger partial charge in [-0.2, -0.15) is 0 Å². The molecule has 150 valence electrons. The monoisotopic (exact) mass is 398 g/mol. The summed E-state index contributed by atoms with van der Waals surface area (Å²) < 4.78 is 5.17. The summed E-state index contributed by atoms with van der Waals surface area (Å²) in [7, 11) is 2.19. The van der Waals surface area contributed by atoms with Crippen molar-refractivity contribution >= 4 is 18.1 Å². The van der Waals surface area contributed by atoms with Crippen LogP contribution >= 0.6 is 12.4 Å². The van der Waals surface area contributed by atoms with Gasteiger partial charge in [0.2, 0.25) is 0 Å². The Balaban J connectivity index is 0.00000192. The van der Waals surface area contributed by atoms with E-state index < -0.39 is 0 Å². The molecule has 3 nitrogen and oxygen atoms in total. The lowest BCUT2D eigenvalue weighted by Crippen LogP contribution is -2.59. The number of nitrogens with one attached hydrogen (secondary N) is 1. The van der Waals surface area contributed by atoms with E-state index in [1.165, 1.54) is 56.3 Å². The standard InChI is InChI=1S/C24H30N2O.ClH/c1-26(14-5-6-18-10-15-27-17-18)23-9-4-8-20-19(23)16-22-21-7-2-3-11-24(20,21)12-13-25-22;/h4-5,8-10,14-15,17,21-22,25H,2-3,6-7,11-13,16H2,1H3;1H/b14-5+;/t21-,22+,24-;/m0./s1. The molecule has 2 aromatic rings. The second-order valence-corrected chi connectivity index (χ2v) is 8.66. The van der Waals surface area contributed by atoms with E-state index in [-0.39, 0.29) is 12.4 Å². The number of piperidine rings is 1. The highest BCUT2D eigenvalue weighted by atomic mass is 35.5. The van der Waals surface area contributed by atoms with Crippen LogP contribution < -0.4 is 10.2 Å². The summed E-state index contributed by atoms with van der Waals surface area (Å²) >= 11 is 0. The summed E-state index contributed by atoms with van der Waals surface area (Å²) in [5.41, 5.74) is 6.28. The van der Waals surface area contributed by atoms with Crippen molar-refractivity contribution < 1.29 is 4.42 Å². The van der Waals surface area contributed by atoms with Crippen LogP contribution in [0.1, 0.15) is 48.8 Å². The molecule has 2 fully saturated rings. The number of fused-ring (bicyclic) bond motifs is 1. The zero-order valence-corrected chi connectivity index (χ0v) is 17.5. The van der Waals surface area contributed by atoms with E-state index in [2.05, 4.69) is 47.7 Å². The molecule has 0 radical (unpaired) electrons. The molecule has 2 heterocycles. The normalized spacial score (nSPS) is 28.3. The van der Waals surface area contributed by atoms with Crippen molar-refractivity contribution in [1.82, 2.24) is 5.32 Å². The number of allylic oxidation sites excluding steroid dienone is 1. The first-order chi connectivity index (χ1) is 13.3. The lowest BCUT2D eigenvalue weighted by molar-refractivity contribution is 0.0799. The van der Waals surface area contributed by atoms with Gasteiger partial charge in [-0.3, -0.25) is 0 Å². The van der Waals surface area contributed by atoms with E-state index >= 15 is 0 Å². The van der Waals surface area contributed by atoms with E-state index in [0.29, 0.717) is 11.5 Å². The van der Waals surface area contributed by atoms with Crippen LogP contribution in [-0.2, 0) is 18.3 Å². The number of anilines is 1. The van der Waals surface area contributed by atoms with Crippen LogP contribution in [0.15, 0.2) is 53.5 Å². The SMILES string of the molecule is CN(/C=C/Cc1ccoc1)c1cccc2c1C[C@H]1NCC[C@@]23CCCC[C@@H]13.Cl. The minimum Gasteiger partial charge on any atom is -0.472 e. The zero-order chi connectivity index (χ0) is 18.3. The highest BCUT2D eigenvalue weighted by Crippen LogP contribution is 2.55. The number of benzene rings is 1. The van der Waals surface area contributed by atoms with Crippen LogP contribution in [0.5, 0.6) is 0 Å². The molecule has 4 heteroatoms. The molecular weight excluding hydrogens is 368 g/mol. The summed E-state index contributed by atoms with van der Waals surface area (Å²) in [5.74, 6) is 0.838. The third-order valence-corrected chi connectivity index (χ3v) is 7.32. The maximum atomic E-state index is 5.17. The molecule has 3 aliphatic rings. The average molecular weight is 399 g/mol. The molecule has 1 N–H and O–H groups in total. The highest BCUT2D eigenvalue weighted by molar-refractivity contribution is 5.85. The molecule has 1 saturated heterocycles. The predicted octanol–water partition coefficient (Wildman–Crippen LogP) is 5.24. The number of nitrogens with zero attached hydrogens (tertiary/aromatic N) is 1. The fraction of sp³-hybridized carbons (Fsp3) is 0.500. The average Bonchev–Trinajstić information content (AvgIpc) is 3.21. The van der Waals surface area contributed by atoms with Crippen molar-refractivity contribution in [3.05, 3.63) is 65.8 Å². The molecule has 28 heavy (non-hydrogen) atoms. The number of hydrogen-bond acceptors (Lipinski definition) is 3. The maximum absolute atomic E-state index is 5.17. The van der Waals surface area contributed by atoms with Gasteiger partial charge in [0.05, 0.1) is 12.5 Å². The molecule has 3 atom stereocenters. The largest absolute Gasteiger partial charge is 0.472 e. The Morgan fingerprint density at radius 2 is 2.18 bits per heavy atom. The predicted molar refractivity (Wildman–Crippen MR) is 117 cm³/mol. The van der Waals surface area contributed by atoms with Gasteiger partial charge in [-0.15, -0.1) is 12.4 Å². The highest BCUT2D eigenvalue weighted by Gasteiger charge is 2.51. The Morgan fingerprint density at radius 1 is 1.25 bits per heavy atom. The first kappa shape index (κ1) is 19.6. The first-order valence-corrected chi connectivity index (χ1v) is 10.5.